The van der Waals surface area contributed by atoms with Crippen LogP contribution in [0.1, 0.15) is 68.0 Å². The average molecular weight is 482 g/mol. The van der Waals surface area contributed by atoms with Gasteiger partial charge in [-0.1, -0.05) is 66.4 Å². The first-order valence-electron chi connectivity index (χ1n) is 11.0. The minimum absolute atomic E-state index is 0.0377. The molecule has 1 heterocycles. The first kappa shape index (κ1) is 26.6. The van der Waals surface area contributed by atoms with Crippen molar-refractivity contribution in [3.8, 4) is 0 Å². The van der Waals surface area contributed by atoms with Crippen LogP contribution in [0.25, 0.3) is 0 Å². The molecule has 0 saturated heterocycles. The number of aromatic nitrogens is 1. The normalized spacial score (nSPS) is 14.1. The van der Waals surface area contributed by atoms with E-state index in [2.05, 4.69) is 17.2 Å². The highest BCUT2D eigenvalue weighted by Gasteiger charge is 2.24. The highest BCUT2D eigenvalue weighted by atomic mass is 35.5. The number of amides is 1. The molecular formula is C24H33Cl2N3O3. The van der Waals surface area contributed by atoms with Gasteiger partial charge < -0.3 is 10.1 Å². The summed E-state index contributed by atoms with van der Waals surface area (Å²) in [6, 6.07) is 9.83. The van der Waals surface area contributed by atoms with Crippen molar-refractivity contribution < 1.29 is 14.7 Å². The molecule has 0 bridgehead atoms. The summed E-state index contributed by atoms with van der Waals surface area (Å²) in [5.41, 5.74) is 4.79. The van der Waals surface area contributed by atoms with Crippen LogP contribution in [0.15, 0.2) is 36.5 Å². The van der Waals surface area contributed by atoms with Gasteiger partial charge in [-0.15, -0.1) is 0 Å². The standard InChI is InChI=1S/C24H33Cl2N3O3/c1-4-21(23-20(26)14-19(25)15-28-23)27-12-6-5-7-18(24(30)29-31)13-22(32-3)17-10-8-16(2)9-11-17/h8-11,14-15,18,21-22,27,31H,4-7,12-13H2,1-3H3,(H,29,30)/t18-,21+,22+/m0/s1. The molecule has 1 amide bonds. The molecule has 0 radical (unpaired) electrons. The first-order chi connectivity index (χ1) is 15.4. The summed E-state index contributed by atoms with van der Waals surface area (Å²) in [6.45, 7) is 4.86. The third-order valence-corrected chi connectivity index (χ3v) is 6.17. The average Bonchev–Trinajstić information content (AvgIpc) is 2.79. The van der Waals surface area contributed by atoms with Crippen molar-refractivity contribution in [3.05, 3.63) is 63.4 Å². The molecule has 3 atom stereocenters. The molecule has 0 saturated carbocycles. The number of aryl methyl sites for hydroxylation is 1. The molecule has 0 spiro atoms. The number of ether oxygens (including phenoxy) is 1. The van der Waals surface area contributed by atoms with Gasteiger partial charge in [0.25, 0.3) is 0 Å². The molecule has 3 N–H and O–H groups in total. The molecule has 0 fully saturated rings. The van der Waals surface area contributed by atoms with E-state index in [-0.39, 0.29) is 24.0 Å². The highest BCUT2D eigenvalue weighted by molar-refractivity contribution is 6.34. The lowest BCUT2D eigenvalue weighted by Gasteiger charge is -2.22. The van der Waals surface area contributed by atoms with Crippen LogP contribution in [0.2, 0.25) is 10.0 Å². The number of nitrogens with one attached hydrogen (secondary N) is 2. The number of hydrogen-bond donors (Lipinski definition) is 3. The predicted molar refractivity (Wildman–Crippen MR) is 128 cm³/mol. The van der Waals surface area contributed by atoms with Crippen molar-refractivity contribution >= 4 is 29.1 Å². The number of hydrogen-bond acceptors (Lipinski definition) is 5. The van der Waals surface area contributed by atoms with Crippen LogP contribution >= 0.6 is 23.2 Å². The maximum Gasteiger partial charge on any atom is 0.246 e. The Morgan fingerprint density at radius 2 is 1.94 bits per heavy atom. The van der Waals surface area contributed by atoms with Gasteiger partial charge >= 0.3 is 0 Å². The topological polar surface area (TPSA) is 83.5 Å². The molecule has 2 rings (SSSR count). The summed E-state index contributed by atoms with van der Waals surface area (Å²) in [4.78, 5) is 16.6. The Kier molecular flexibility index (Phi) is 11.4. The number of unbranched alkanes of at least 4 members (excludes halogenated alkanes) is 1. The van der Waals surface area contributed by atoms with Crippen LogP contribution in [0.5, 0.6) is 0 Å². The molecule has 1 aromatic carbocycles. The van der Waals surface area contributed by atoms with Gasteiger partial charge in [0.15, 0.2) is 0 Å². The number of carbonyl (C=O) groups excluding carboxylic acids is 1. The fraction of sp³-hybridized carbons (Fsp3) is 0.500. The molecule has 8 heteroatoms. The monoisotopic (exact) mass is 481 g/mol. The quantitative estimate of drug-likeness (QED) is 0.191. The number of nitrogens with zero attached hydrogens (tertiary/aromatic N) is 1. The maximum atomic E-state index is 12.3. The van der Waals surface area contributed by atoms with Crippen LogP contribution in [-0.4, -0.2) is 29.8 Å². The van der Waals surface area contributed by atoms with Crippen LogP contribution in [0.4, 0.5) is 0 Å². The van der Waals surface area contributed by atoms with Crippen LogP contribution in [0.3, 0.4) is 0 Å². The second-order valence-corrected chi connectivity index (χ2v) is 8.82. The SMILES string of the molecule is CC[C@@H](NCCCC[C@@H](C[C@@H](OC)c1ccc(C)cc1)C(=O)NO)c1ncc(Cl)cc1Cl. The molecule has 2 aromatic rings. The highest BCUT2D eigenvalue weighted by Crippen LogP contribution is 2.28. The van der Waals surface area contributed by atoms with E-state index in [1.807, 2.05) is 36.7 Å². The zero-order chi connectivity index (χ0) is 23.5. The minimum atomic E-state index is -0.379. The fourth-order valence-corrected chi connectivity index (χ4v) is 4.27. The summed E-state index contributed by atoms with van der Waals surface area (Å²) in [6.07, 6.45) is 5.09. The lowest BCUT2D eigenvalue weighted by molar-refractivity contribution is -0.135. The zero-order valence-electron chi connectivity index (χ0n) is 18.9. The fourth-order valence-electron chi connectivity index (χ4n) is 3.76. The number of carbonyl (C=O) groups is 1. The molecule has 6 nitrogen and oxygen atoms in total. The van der Waals surface area contributed by atoms with Gasteiger partial charge in [0.05, 0.1) is 27.9 Å². The van der Waals surface area contributed by atoms with Gasteiger partial charge in [0, 0.05) is 19.2 Å². The van der Waals surface area contributed by atoms with Crippen molar-refractivity contribution in [2.24, 2.45) is 5.92 Å². The molecule has 0 aliphatic heterocycles. The first-order valence-corrected chi connectivity index (χ1v) is 11.7. The number of methoxy groups -OCH3 is 1. The Morgan fingerprint density at radius 3 is 2.53 bits per heavy atom. The molecule has 32 heavy (non-hydrogen) atoms. The summed E-state index contributed by atoms with van der Waals surface area (Å²) >= 11 is 12.2. The number of benzene rings is 1. The molecule has 0 aliphatic rings. The zero-order valence-corrected chi connectivity index (χ0v) is 20.4. The largest absolute Gasteiger partial charge is 0.377 e. The Hall–Kier alpha value is -1.70. The van der Waals surface area contributed by atoms with Crippen LogP contribution < -0.4 is 10.8 Å². The van der Waals surface area contributed by atoms with E-state index in [4.69, 9.17) is 27.9 Å². The molecule has 0 unspecified atom stereocenters. The van der Waals surface area contributed by atoms with Gasteiger partial charge in [-0.2, -0.15) is 0 Å². The van der Waals surface area contributed by atoms with Crippen molar-refractivity contribution in [1.82, 2.24) is 15.8 Å². The predicted octanol–water partition coefficient (Wildman–Crippen LogP) is 5.81. The van der Waals surface area contributed by atoms with Gasteiger partial charge in [-0.25, -0.2) is 5.48 Å². The molecule has 176 valence electrons. The third kappa shape index (κ3) is 8.01. The summed E-state index contributed by atoms with van der Waals surface area (Å²) in [5, 5.41) is 13.7. The Labute approximate surface area is 200 Å². The lowest BCUT2D eigenvalue weighted by Crippen LogP contribution is -2.30. The second kappa shape index (κ2) is 13.8. The summed E-state index contributed by atoms with van der Waals surface area (Å²) < 4.78 is 5.64. The van der Waals surface area contributed by atoms with Gasteiger partial charge in [0.2, 0.25) is 5.91 Å². The lowest BCUT2D eigenvalue weighted by atomic mass is 9.91. The molecule has 0 aliphatic carbocycles. The van der Waals surface area contributed by atoms with Crippen LogP contribution in [-0.2, 0) is 9.53 Å². The number of hydroxylamine groups is 1. The Bertz CT molecular complexity index is 849. The third-order valence-electron chi connectivity index (χ3n) is 5.66. The second-order valence-electron chi connectivity index (χ2n) is 7.98. The van der Waals surface area contributed by atoms with Crippen LogP contribution in [0, 0.1) is 12.8 Å². The van der Waals surface area contributed by atoms with Crippen molar-refractivity contribution in [1.29, 1.82) is 0 Å². The molecule has 1 aromatic heterocycles. The van der Waals surface area contributed by atoms with E-state index in [0.717, 1.165) is 37.1 Å². The van der Waals surface area contributed by atoms with E-state index >= 15 is 0 Å². The minimum Gasteiger partial charge on any atom is -0.377 e. The number of rotatable bonds is 13. The van der Waals surface area contributed by atoms with E-state index in [0.29, 0.717) is 22.9 Å². The van der Waals surface area contributed by atoms with E-state index in [1.165, 1.54) is 5.56 Å². The Morgan fingerprint density at radius 1 is 1.22 bits per heavy atom. The van der Waals surface area contributed by atoms with Gasteiger partial charge in [-0.3, -0.25) is 15.0 Å². The number of halogens is 2. The van der Waals surface area contributed by atoms with E-state index < -0.39 is 0 Å². The van der Waals surface area contributed by atoms with Crippen molar-refractivity contribution in [2.75, 3.05) is 13.7 Å². The maximum absolute atomic E-state index is 12.3. The van der Waals surface area contributed by atoms with Gasteiger partial charge in [-0.05, 0) is 50.8 Å². The van der Waals surface area contributed by atoms with Crippen molar-refractivity contribution in [2.45, 2.75) is 58.1 Å². The Balaban J connectivity index is 1.87. The smallest absolute Gasteiger partial charge is 0.246 e. The van der Waals surface area contributed by atoms with E-state index in [1.54, 1.807) is 19.4 Å². The number of pyridine rings is 1. The van der Waals surface area contributed by atoms with E-state index in [9.17, 15) is 10.0 Å². The summed E-state index contributed by atoms with van der Waals surface area (Å²) in [5.74, 6) is -0.726. The summed E-state index contributed by atoms with van der Waals surface area (Å²) in [7, 11) is 1.64. The van der Waals surface area contributed by atoms with Gasteiger partial charge in [0.1, 0.15) is 0 Å². The molecular weight excluding hydrogens is 449 g/mol. The van der Waals surface area contributed by atoms with Crippen molar-refractivity contribution in [3.63, 3.8) is 0 Å².